The van der Waals surface area contributed by atoms with Crippen LogP contribution in [0.2, 0.25) is 0 Å². The first-order valence-corrected chi connectivity index (χ1v) is 3.46. The molecule has 0 bridgehead atoms. The van der Waals surface area contributed by atoms with Crippen molar-refractivity contribution < 1.29 is 19.6 Å². The van der Waals surface area contributed by atoms with Gasteiger partial charge in [0, 0.05) is 12.4 Å². The normalized spacial score (nSPS) is 7.92. The zero-order valence-electron chi connectivity index (χ0n) is 7.17. The summed E-state index contributed by atoms with van der Waals surface area (Å²) in [6.07, 6.45) is 3.07. The van der Waals surface area contributed by atoms with E-state index in [2.05, 4.69) is 9.72 Å². The highest BCUT2D eigenvalue weighted by Crippen LogP contribution is 1.96. The molecule has 1 rings (SSSR count). The van der Waals surface area contributed by atoms with Crippen LogP contribution >= 0.6 is 0 Å². The Balaban J connectivity index is 0.000000424. The SMILES string of the molecule is COC(=O)c1cccnc1.OBO. The Labute approximate surface area is 76.3 Å². The van der Waals surface area contributed by atoms with Gasteiger partial charge in [0.1, 0.15) is 0 Å². The van der Waals surface area contributed by atoms with Crippen LogP contribution in [-0.4, -0.2) is 35.8 Å². The number of esters is 1. The predicted molar refractivity (Wildman–Crippen MR) is 47.2 cm³/mol. The van der Waals surface area contributed by atoms with Crippen molar-refractivity contribution in [2.45, 2.75) is 0 Å². The molecule has 0 spiro atoms. The lowest BCUT2D eigenvalue weighted by atomic mass is 10.3. The van der Waals surface area contributed by atoms with Crippen molar-refractivity contribution in [3.8, 4) is 0 Å². The van der Waals surface area contributed by atoms with E-state index in [0.717, 1.165) is 0 Å². The Morgan fingerprint density at radius 1 is 1.62 bits per heavy atom. The predicted octanol–water partition coefficient (Wildman–Crippen LogP) is -0.894. The monoisotopic (exact) mass is 183 g/mol. The van der Waals surface area contributed by atoms with Gasteiger partial charge in [-0.15, -0.1) is 0 Å². The average Bonchev–Trinajstić information content (AvgIpc) is 2.19. The van der Waals surface area contributed by atoms with E-state index >= 15 is 0 Å². The Hall–Kier alpha value is -1.40. The number of aromatic nitrogens is 1. The van der Waals surface area contributed by atoms with Crippen LogP contribution in [0.15, 0.2) is 24.5 Å². The topological polar surface area (TPSA) is 79.7 Å². The highest BCUT2D eigenvalue weighted by Gasteiger charge is 2.01. The van der Waals surface area contributed by atoms with Gasteiger partial charge in [0.2, 0.25) is 0 Å². The first kappa shape index (κ1) is 11.6. The molecule has 0 amide bonds. The van der Waals surface area contributed by atoms with E-state index in [1.807, 2.05) is 0 Å². The zero-order valence-corrected chi connectivity index (χ0v) is 7.17. The minimum Gasteiger partial charge on any atom is -0.465 e. The summed E-state index contributed by atoms with van der Waals surface area (Å²) in [5, 5.41) is 14.2. The smallest absolute Gasteiger partial charge is 0.432 e. The molecule has 5 nitrogen and oxygen atoms in total. The summed E-state index contributed by atoms with van der Waals surface area (Å²) in [4.78, 5) is 14.5. The highest BCUT2D eigenvalue weighted by molar-refractivity contribution is 6.13. The Bertz CT molecular complexity index is 242. The maximum atomic E-state index is 10.8. The van der Waals surface area contributed by atoms with E-state index in [1.165, 1.54) is 13.3 Å². The highest BCUT2D eigenvalue weighted by atomic mass is 16.5. The number of ether oxygens (including phenoxy) is 1. The third kappa shape index (κ3) is 4.94. The van der Waals surface area contributed by atoms with Crippen molar-refractivity contribution in [1.29, 1.82) is 0 Å². The number of pyridine rings is 1. The van der Waals surface area contributed by atoms with Gasteiger partial charge in [-0.1, -0.05) is 0 Å². The van der Waals surface area contributed by atoms with Crippen LogP contribution in [0, 0.1) is 0 Å². The first-order chi connectivity index (χ1) is 6.26. The van der Waals surface area contributed by atoms with E-state index in [-0.39, 0.29) is 5.97 Å². The van der Waals surface area contributed by atoms with Crippen LogP contribution in [-0.2, 0) is 4.74 Å². The summed E-state index contributed by atoms with van der Waals surface area (Å²) in [7, 11) is 0.593. The minimum atomic E-state index is -0.750. The number of carbonyl (C=O) groups excluding carboxylic acids is 1. The van der Waals surface area contributed by atoms with E-state index in [4.69, 9.17) is 10.0 Å². The van der Waals surface area contributed by atoms with Gasteiger partial charge in [-0.2, -0.15) is 0 Å². The molecular weight excluding hydrogens is 173 g/mol. The maximum Gasteiger partial charge on any atom is 0.432 e. The molecule has 0 saturated carbocycles. The van der Waals surface area contributed by atoms with E-state index in [9.17, 15) is 4.79 Å². The summed E-state index contributed by atoms with van der Waals surface area (Å²) >= 11 is 0. The van der Waals surface area contributed by atoms with Gasteiger partial charge in [0.05, 0.1) is 12.7 Å². The maximum absolute atomic E-state index is 10.8. The van der Waals surface area contributed by atoms with Crippen LogP contribution < -0.4 is 0 Å². The second-order valence-corrected chi connectivity index (χ2v) is 1.87. The number of nitrogens with zero attached hydrogens (tertiary/aromatic N) is 1. The fourth-order valence-corrected chi connectivity index (χ4v) is 0.601. The van der Waals surface area contributed by atoms with Gasteiger partial charge in [-0.05, 0) is 12.1 Å². The van der Waals surface area contributed by atoms with Crippen molar-refractivity contribution in [2.75, 3.05) is 7.11 Å². The van der Waals surface area contributed by atoms with Gasteiger partial charge in [-0.25, -0.2) is 4.79 Å². The molecule has 0 aliphatic carbocycles. The molecular formula is C7H10BNO4. The third-order valence-corrected chi connectivity index (χ3v) is 1.08. The van der Waals surface area contributed by atoms with Crippen molar-refractivity contribution in [3.63, 3.8) is 0 Å². The number of carbonyl (C=O) groups is 1. The van der Waals surface area contributed by atoms with Gasteiger partial charge in [0.15, 0.2) is 0 Å². The Morgan fingerprint density at radius 3 is 2.62 bits per heavy atom. The summed E-state index contributed by atoms with van der Waals surface area (Å²) in [5.41, 5.74) is 0.477. The summed E-state index contributed by atoms with van der Waals surface area (Å²) in [5.74, 6) is -0.354. The molecule has 0 unspecified atom stereocenters. The van der Waals surface area contributed by atoms with E-state index in [1.54, 1.807) is 18.3 Å². The molecule has 13 heavy (non-hydrogen) atoms. The minimum absolute atomic E-state index is 0.354. The van der Waals surface area contributed by atoms with Crippen molar-refractivity contribution in [2.24, 2.45) is 0 Å². The van der Waals surface area contributed by atoms with Gasteiger partial charge >= 0.3 is 13.7 Å². The number of methoxy groups -OCH3 is 1. The zero-order chi connectivity index (χ0) is 10.1. The molecule has 2 N–H and O–H groups in total. The summed E-state index contributed by atoms with van der Waals surface area (Å²) in [6.45, 7) is 0. The molecule has 70 valence electrons. The molecule has 6 heteroatoms. The Kier molecular flexibility index (Phi) is 6.49. The van der Waals surface area contributed by atoms with Gasteiger partial charge in [-0.3, -0.25) is 4.98 Å². The second kappa shape index (κ2) is 7.26. The molecule has 1 aromatic heterocycles. The van der Waals surface area contributed by atoms with Crippen molar-refractivity contribution in [3.05, 3.63) is 30.1 Å². The molecule has 0 saturated heterocycles. The van der Waals surface area contributed by atoms with Crippen LogP contribution in [0.1, 0.15) is 10.4 Å². The molecule has 0 radical (unpaired) electrons. The van der Waals surface area contributed by atoms with Gasteiger partial charge < -0.3 is 14.8 Å². The lowest BCUT2D eigenvalue weighted by Crippen LogP contribution is -2.00. The van der Waals surface area contributed by atoms with Crippen LogP contribution in [0.5, 0.6) is 0 Å². The Morgan fingerprint density at radius 2 is 2.23 bits per heavy atom. The molecule has 0 aliphatic rings. The third-order valence-electron chi connectivity index (χ3n) is 1.08. The summed E-state index contributed by atoms with van der Waals surface area (Å²) in [6, 6.07) is 3.34. The van der Waals surface area contributed by atoms with Crippen LogP contribution in [0.3, 0.4) is 0 Å². The number of hydrogen-bond acceptors (Lipinski definition) is 5. The molecule has 0 aromatic carbocycles. The molecule has 0 fully saturated rings. The fourth-order valence-electron chi connectivity index (χ4n) is 0.601. The molecule has 1 heterocycles. The lowest BCUT2D eigenvalue weighted by Gasteiger charge is -1.94. The lowest BCUT2D eigenvalue weighted by molar-refractivity contribution is 0.0600. The standard InChI is InChI=1S/C7H7NO2.BH3O2/c1-10-7(9)6-3-2-4-8-5-6;2-1-3/h2-5H,1H3;1-3H. The quantitative estimate of drug-likeness (QED) is 0.435. The van der Waals surface area contributed by atoms with Crippen LogP contribution in [0.25, 0.3) is 0 Å². The molecule has 0 atom stereocenters. The first-order valence-electron chi connectivity index (χ1n) is 3.46. The number of hydrogen-bond donors (Lipinski definition) is 2. The average molecular weight is 183 g/mol. The fraction of sp³-hybridized carbons (Fsp3) is 0.143. The number of rotatable bonds is 1. The van der Waals surface area contributed by atoms with E-state index < -0.39 is 7.69 Å². The second-order valence-electron chi connectivity index (χ2n) is 1.87. The largest absolute Gasteiger partial charge is 0.465 e. The van der Waals surface area contributed by atoms with Crippen LogP contribution in [0.4, 0.5) is 0 Å². The van der Waals surface area contributed by atoms with Gasteiger partial charge in [0.25, 0.3) is 0 Å². The van der Waals surface area contributed by atoms with Crippen molar-refractivity contribution in [1.82, 2.24) is 4.98 Å². The molecule has 0 aliphatic heterocycles. The van der Waals surface area contributed by atoms with E-state index in [0.29, 0.717) is 5.56 Å². The molecule has 1 aromatic rings. The summed E-state index contributed by atoms with van der Waals surface area (Å²) < 4.78 is 4.46. The van der Waals surface area contributed by atoms with Crippen molar-refractivity contribution >= 4 is 13.7 Å².